The van der Waals surface area contributed by atoms with Gasteiger partial charge >= 0.3 is 0 Å². The van der Waals surface area contributed by atoms with Gasteiger partial charge in [0, 0.05) is 16.6 Å². The second kappa shape index (κ2) is 5.66. The van der Waals surface area contributed by atoms with E-state index in [0.29, 0.717) is 12.1 Å². The molecule has 1 heterocycles. The van der Waals surface area contributed by atoms with E-state index in [-0.39, 0.29) is 11.7 Å². The van der Waals surface area contributed by atoms with Gasteiger partial charge in [-0.3, -0.25) is 4.79 Å². The molecular formula is C12H11IN2O2S. The maximum atomic E-state index is 11.8. The number of nitrogens with zero attached hydrogens (tertiary/aromatic N) is 1. The number of phenolic OH excluding ortho intramolecular Hbond substituents is 1. The number of aryl methyl sites for hydroxylation is 1. The van der Waals surface area contributed by atoms with E-state index < -0.39 is 0 Å². The van der Waals surface area contributed by atoms with Crippen molar-refractivity contribution in [1.29, 1.82) is 0 Å². The Morgan fingerprint density at radius 3 is 2.94 bits per heavy atom. The summed E-state index contributed by atoms with van der Waals surface area (Å²) in [7, 11) is 0. The number of carbonyl (C=O) groups is 1. The lowest BCUT2D eigenvalue weighted by molar-refractivity contribution is 0.0951. The molecular weight excluding hydrogens is 363 g/mol. The van der Waals surface area contributed by atoms with Crippen LogP contribution in [0.3, 0.4) is 0 Å². The smallest absolute Gasteiger partial charge is 0.251 e. The van der Waals surface area contributed by atoms with Gasteiger partial charge < -0.3 is 10.4 Å². The largest absolute Gasteiger partial charge is 0.507 e. The van der Waals surface area contributed by atoms with E-state index in [1.807, 2.05) is 29.5 Å². The predicted octanol–water partition coefficient (Wildman–Crippen LogP) is 2.69. The monoisotopic (exact) mass is 374 g/mol. The molecule has 1 aromatic heterocycles. The van der Waals surface area contributed by atoms with Gasteiger partial charge in [-0.05, 0) is 47.7 Å². The van der Waals surface area contributed by atoms with Crippen LogP contribution in [-0.2, 0) is 6.54 Å². The summed E-state index contributed by atoms with van der Waals surface area (Å²) in [4.78, 5) is 17.0. The van der Waals surface area contributed by atoms with Crippen molar-refractivity contribution in [3.05, 3.63) is 43.4 Å². The summed E-state index contributed by atoms with van der Waals surface area (Å²) in [6.45, 7) is 2.38. The van der Waals surface area contributed by atoms with Crippen molar-refractivity contribution < 1.29 is 9.90 Å². The first-order chi connectivity index (χ1) is 8.56. The molecule has 0 saturated heterocycles. The molecule has 0 aliphatic heterocycles. The molecule has 2 N–H and O–H groups in total. The quantitative estimate of drug-likeness (QED) is 0.813. The highest BCUT2D eigenvalue weighted by Crippen LogP contribution is 2.20. The van der Waals surface area contributed by atoms with Crippen LogP contribution in [0.5, 0.6) is 5.75 Å². The van der Waals surface area contributed by atoms with Crippen molar-refractivity contribution >= 4 is 39.8 Å². The van der Waals surface area contributed by atoms with Crippen molar-refractivity contribution in [3.63, 3.8) is 0 Å². The third-order valence-corrected chi connectivity index (χ3v) is 4.13. The minimum absolute atomic E-state index is 0.122. The van der Waals surface area contributed by atoms with Crippen molar-refractivity contribution in [1.82, 2.24) is 10.3 Å². The average molecular weight is 374 g/mol. The van der Waals surface area contributed by atoms with Crippen molar-refractivity contribution in [2.45, 2.75) is 13.5 Å². The Morgan fingerprint density at radius 2 is 2.33 bits per heavy atom. The van der Waals surface area contributed by atoms with Crippen molar-refractivity contribution in [2.75, 3.05) is 0 Å². The number of carbonyl (C=O) groups excluding carboxylic acids is 1. The molecule has 1 aromatic carbocycles. The minimum atomic E-state index is -0.201. The van der Waals surface area contributed by atoms with Crippen molar-refractivity contribution in [3.8, 4) is 5.75 Å². The summed E-state index contributed by atoms with van der Waals surface area (Å²) in [6.07, 6.45) is 1.76. The number of aromatic nitrogens is 1. The molecule has 18 heavy (non-hydrogen) atoms. The molecule has 6 heteroatoms. The highest BCUT2D eigenvalue weighted by atomic mass is 127. The van der Waals surface area contributed by atoms with Gasteiger partial charge in [-0.2, -0.15) is 0 Å². The van der Waals surface area contributed by atoms with Gasteiger partial charge in [0.05, 0.1) is 15.1 Å². The van der Waals surface area contributed by atoms with E-state index in [1.165, 1.54) is 6.07 Å². The molecule has 1 amide bonds. The number of amides is 1. The van der Waals surface area contributed by atoms with E-state index in [4.69, 9.17) is 0 Å². The number of hydrogen-bond donors (Lipinski definition) is 2. The number of halogens is 1. The predicted molar refractivity (Wildman–Crippen MR) is 78.8 cm³/mol. The van der Waals surface area contributed by atoms with Crippen LogP contribution in [0.15, 0.2) is 24.4 Å². The maximum Gasteiger partial charge on any atom is 0.251 e. The third kappa shape index (κ3) is 3.20. The second-order valence-electron chi connectivity index (χ2n) is 3.69. The number of rotatable bonds is 3. The number of benzene rings is 1. The van der Waals surface area contributed by atoms with Crippen LogP contribution in [0.25, 0.3) is 0 Å². The fourth-order valence-electron chi connectivity index (χ4n) is 1.41. The molecule has 0 spiro atoms. The van der Waals surface area contributed by atoms with Crippen LogP contribution < -0.4 is 5.32 Å². The van der Waals surface area contributed by atoms with Gasteiger partial charge in [0.2, 0.25) is 0 Å². The Bertz CT molecular complexity index is 583. The Morgan fingerprint density at radius 1 is 1.56 bits per heavy atom. The van der Waals surface area contributed by atoms with Gasteiger partial charge in [-0.25, -0.2) is 4.98 Å². The zero-order valence-electron chi connectivity index (χ0n) is 9.61. The fourth-order valence-corrected chi connectivity index (χ4v) is 2.48. The van der Waals surface area contributed by atoms with Gasteiger partial charge in [-0.1, -0.05) is 0 Å². The normalized spacial score (nSPS) is 10.3. The molecule has 0 radical (unpaired) electrons. The molecule has 0 fully saturated rings. The molecule has 0 bridgehead atoms. The zero-order chi connectivity index (χ0) is 13.1. The Balaban J connectivity index is 2.01. The Labute approximate surface area is 122 Å². The van der Waals surface area contributed by atoms with Crippen LogP contribution in [-0.4, -0.2) is 16.0 Å². The van der Waals surface area contributed by atoms with Crippen LogP contribution in [0.2, 0.25) is 0 Å². The molecule has 0 saturated carbocycles. The topological polar surface area (TPSA) is 62.2 Å². The van der Waals surface area contributed by atoms with E-state index in [2.05, 4.69) is 10.3 Å². The first-order valence-electron chi connectivity index (χ1n) is 5.24. The zero-order valence-corrected chi connectivity index (χ0v) is 12.6. The Kier molecular flexibility index (Phi) is 4.18. The van der Waals surface area contributed by atoms with E-state index >= 15 is 0 Å². The first-order valence-corrected chi connectivity index (χ1v) is 7.14. The first kappa shape index (κ1) is 13.3. The van der Waals surface area contributed by atoms with E-state index in [0.717, 1.165) is 13.5 Å². The number of thiazole rings is 1. The second-order valence-corrected chi connectivity index (χ2v) is 6.18. The average Bonchev–Trinajstić information content (AvgIpc) is 2.75. The SMILES string of the molecule is Cc1ncc(CNC(=O)c2ccc(I)c(O)c2)s1. The minimum Gasteiger partial charge on any atom is -0.507 e. The number of phenols is 1. The summed E-state index contributed by atoms with van der Waals surface area (Å²) in [5.74, 6) is -0.0790. The summed E-state index contributed by atoms with van der Waals surface area (Å²) in [5, 5.41) is 13.3. The van der Waals surface area contributed by atoms with Crippen LogP contribution in [0.1, 0.15) is 20.2 Å². The van der Waals surface area contributed by atoms with Crippen molar-refractivity contribution in [2.24, 2.45) is 0 Å². The number of aromatic hydroxyl groups is 1. The summed E-state index contributed by atoms with van der Waals surface area (Å²) in [6, 6.07) is 4.87. The van der Waals surface area contributed by atoms with Gasteiger partial charge in [0.25, 0.3) is 5.91 Å². The molecule has 0 aliphatic carbocycles. The van der Waals surface area contributed by atoms with E-state index in [9.17, 15) is 9.90 Å². The molecule has 94 valence electrons. The lowest BCUT2D eigenvalue weighted by Crippen LogP contribution is -2.22. The Hall–Kier alpha value is -1.15. The lowest BCUT2D eigenvalue weighted by Gasteiger charge is -2.04. The summed E-state index contributed by atoms with van der Waals surface area (Å²) in [5.41, 5.74) is 0.453. The molecule has 2 aromatic rings. The lowest BCUT2D eigenvalue weighted by atomic mass is 10.2. The van der Waals surface area contributed by atoms with Gasteiger partial charge in [-0.15, -0.1) is 11.3 Å². The number of nitrogens with one attached hydrogen (secondary N) is 1. The molecule has 0 unspecified atom stereocenters. The van der Waals surface area contributed by atoms with Crippen LogP contribution in [0.4, 0.5) is 0 Å². The highest BCUT2D eigenvalue weighted by molar-refractivity contribution is 14.1. The van der Waals surface area contributed by atoms with Crippen LogP contribution >= 0.6 is 33.9 Å². The molecule has 4 nitrogen and oxygen atoms in total. The van der Waals surface area contributed by atoms with Gasteiger partial charge in [0.1, 0.15) is 5.75 Å². The summed E-state index contributed by atoms with van der Waals surface area (Å²) < 4.78 is 0.724. The van der Waals surface area contributed by atoms with Crippen LogP contribution in [0, 0.1) is 10.5 Å². The molecule has 0 atom stereocenters. The third-order valence-electron chi connectivity index (χ3n) is 2.30. The maximum absolute atomic E-state index is 11.8. The fraction of sp³-hybridized carbons (Fsp3) is 0.167. The standard InChI is InChI=1S/C12H11IN2O2S/c1-7-14-5-9(18-7)6-15-12(17)8-2-3-10(13)11(16)4-8/h2-5,16H,6H2,1H3,(H,15,17). The highest BCUT2D eigenvalue weighted by Gasteiger charge is 2.08. The molecule has 0 aliphatic rings. The number of hydrogen-bond acceptors (Lipinski definition) is 4. The van der Waals surface area contributed by atoms with E-state index in [1.54, 1.807) is 29.7 Å². The molecule has 2 rings (SSSR count). The van der Waals surface area contributed by atoms with Gasteiger partial charge in [0.15, 0.2) is 0 Å². The summed E-state index contributed by atoms with van der Waals surface area (Å²) >= 11 is 3.56.